The van der Waals surface area contributed by atoms with Crippen LogP contribution < -0.4 is 5.73 Å². The maximum Gasteiger partial charge on any atom is 0.175 e. The molecule has 1 rings (SSSR count). The molecule has 0 amide bonds. The average molecular weight is 288 g/mol. The Bertz CT molecular complexity index is 387. The van der Waals surface area contributed by atoms with E-state index < -0.39 is 5.54 Å². The number of nitrogens with zero attached hydrogens (tertiary/aromatic N) is 3. The van der Waals surface area contributed by atoms with Gasteiger partial charge in [-0.05, 0) is 25.5 Å². The minimum Gasteiger partial charge on any atom is -0.313 e. The van der Waals surface area contributed by atoms with Crippen LogP contribution in [0.25, 0.3) is 0 Å². The smallest absolute Gasteiger partial charge is 0.175 e. The van der Waals surface area contributed by atoms with Crippen LogP contribution in [0, 0.1) is 11.3 Å². The van der Waals surface area contributed by atoms with Crippen LogP contribution in [0.5, 0.6) is 0 Å². The van der Waals surface area contributed by atoms with Gasteiger partial charge in [0.25, 0.3) is 0 Å². The van der Waals surface area contributed by atoms with Crippen LogP contribution in [0.1, 0.15) is 26.2 Å². The van der Waals surface area contributed by atoms with Crippen LogP contribution in [0.3, 0.4) is 0 Å². The molecule has 1 unspecified atom stereocenters. The molecule has 0 bridgehead atoms. The summed E-state index contributed by atoms with van der Waals surface area (Å²) in [5.41, 5.74) is 5.24. The highest BCUT2D eigenvalue weighted by atomic mass is 32.2. The van der Waals surface area contributed by atoms with Gasteiger partial charge in [-0.1, -0.05) is 41.8 Å². The standard InChI is InChI=1S/C10H16N4S3/c1-3-10(12,7-11)5-4-6-16-9-14-13-8(15-2)17-9/h3-6,12H2,1-2H3. The molecular formula is C10H16N4S3. The summed E-state index contributed by atoms with van der Waals surface area (Å²) in [6, 6.07) is 2.18. The Labute approximate surface area is 114 Å². The lowest BCUT2D eigenvalue weighted by molar-refractivity contribution is 0.478. The number of rotatable bonds is 7. The van der Waals surface area contributed by atoms with Crippen molar-refractivity contribution < 1.29 is 0 Å². The molecule has 0 saturated carbocycles. The van der Waals surface area contributed by atoms with Gasteiger partial charge < -0.3 is 5.73 Å². The molecule has 0 saturated heterocycles. The lowest BCUT2D eigenvalue weighted by Crippen LogP contribution is -2.37. The predicted octanol–water partition coefficient (Wildman–Crippen LogP) is 2.76. The van der Waals surface area contributed by atoms with Crippen LogP contribution >= 0.6 is 34.9 Å². The van der Waals surface area contributed by atoms with Crippen molar-refractivity contribution in [2.75, 3.05) is 12.0 Å². The third-order valence-electron chi connectivity index (χ3n) is 2.41. The molecule has 4 nitrogen and oxygen atoms in total. The van der Waals surface area contributed by atoms with E-state index in [9.17, 15) is 0 Å². The summed E-state index contributed by atoms with van der Waals surface area (Å²) in [4.78, 5) is 0. The Morgan fingerprint density at radius 3 is 2.71 bits per heavy atom. The molecule has 0 aliphatic heterocycles. The number of nitriles is 1. The van der Waals surface area contributed by atoms with Gasteiger partial charge >= 0.3 is 0 Å². The molecule has 94 valence electrons. The zero-order valence-electron chi connectivity index (χ0n) is 9.97. The number of hydrogen-bond acceptors (Lipinski definition) is 7. The molecule has 0 aromatic carbocycles. The van der Waals surface area contributed by atoms with Gasteiger partial charge in [0.05, 0.1) is 6.07 Å². The first-order chi connectivity index (χ1) is 8.13. The molecule has 1 atom stereocenters. The average Bonchev–Trinajstić information content (AvgIpc) is 2.82. The fourth-order valence-electron chi connectivity index (χ4n) is 1.20. The minimum absolute atomic E-state index is 0.661. The van der Waals surface area contributed by atoms with Crippen molar-refractivity contribution in [3.63, 3.8) is 0 Å². The Morgan fingerprint density at radius 1 is 1.47 bits per heavy atom. The van der Waals surface area contributed by atoms with Crippen LogP contribution in [-0.4, -0.2) is 27.7 Å². The minimum atomic E-state index is -0.661. The Morgan fingerprint density at radius 2 is 2.18 bits per heavy atom. The van der Waals surface area contributed by atoms with Crippen LogP contribution in [-0.2, 0) is 0 Å². The summed E-state index contributed by atoms with van der Waals surface area (Å²) in [6.07, 6.45) is 4.35. The van der Waals surface area contributed by atoms with E-state index in [1.165, 1.54) is 0 Å². The van der Waals surface area contributed by atoms with E-state index in [0.717, 1.165) is 27.3 Å². The van der Waals surface area contributed by atoms with E-state index in [-0.39, 0.29) is 0 Å². The molecule has 1 heterocycles. The first-order valence-corrected chi connectivity index (χ1v) is 8.36. The lowest BCUT2D eigenvalue weighted by Gasteiger charge is -2.18. The molecule has 2 N–H and O–H groups in total. The summed E-state index contributed by atoms with van der Waals surface area (Å²) < 4.78 is 1.98. The Balaban J connectivity index is 2.27. The molecule has 7 heteroatoms. The highest BCUT2D eigenvalue weighted by molar-refractivity contribution is 8.02. The quantitative estimate of drug-likeness (QED) is 0.614. The lowest BCUT2D eigenvalue weighted by atomic mass is 9.94. The molecule has 0 aliphatic rings. The molecule has 17 heavy (non-hydrogen) atoms. The molecule has 1 aromatic rings. The SMILES string of the molecule is CCC(N)(C#N)CCCSc1nnc(SC)s1. The van der Waals surface area contributed by atoms with Crippen molar-refractivity contribution in [3.05, 3.63) is 0 Å². The maximum absolute atomic E-state index is 8.93. The molecule has 0 radical (unpaired) electrons. The summed E-state index contributed by atoms with van der Waals surface area (Å²) in [7, 11) is 0. The molecule has 0 fully saturated rings. The van der Waals surface area contributed by atoms with E-state index in [4.69, 9.17) is 11.0 Å². The topological polar surface area (TPSA) is 75.6 Å². The highest BCUT2D eigenvalue weighted by Gasteiger charge is 2.21. The first kappa shape index (κ1) is 14.8. The zero-order chi connectivity index (χ0) is 12.7. The number of aromatic nitrogens is 2. The van der Waals surface area contributed by atoms with Gasteiger partial charge in [-0.25, -0.2) is 0 Å². The molecule has 0 spiro atoms. The Hall–Kier alpha value is -0.290. The molecular weight excluding hydrogens is 272 g/mol. The maximum atomic E-state index is 8.93. The summed E-state index contributed by atoms with van der Waals surface area (Å²) in [5, 5.41) is 17.0. The van der Waals surface area contributed by atoms with Gasteiger partial charge in [0, 0.05) is 5.75 Å². The monoisotopic (exact) mass is 288 g/mol. The van der Waals surface area contributed by atoms with E-state index in [1.807, 2.05) is 13.2 Å². The Kier molecular flexibility index (Phi) is 6.27. The fourth-order valence-corrected chi connectivity index (χ4v) is 3.64. The van der Waals surface area contributed by atoms with Crippen molar-refractivity contribution in [3.8, 4) is 6.07 Å². The molecule has 1 aromatic heterocycles. The third-order valence-corrected chi connectivity index (χ3v) is 5.53. The number of thioether (sulfide) groups is 2. The summed E-state index contributed by atoms with van der Waals surface area (Å²) >= 11 is 4.90. The van der Waals surface area contributed by atoms with Gasteiger partial charge in [0.1, 0.15) is 5.54 Å². The van der Waals surface area contributed by atoms with Crippen molar-refractivity contribution in [2.45, 2.75) is 40.4 Å². The van der Waals surface area contributed by atoms with Gasteiger partial charge in [-0.15, -0.1) is 10.2 Å². The number of hydrogen-bond donors (Lipinski definition) is 1. The third kappa shape index (κ3) is 4.84. The van der Waals surface area contributed by atoms with E-state index in [2.05, 4.69) is 16.3 Å². The van der Waals surface area contributed by atoms with Gasteiger partial charge in [0.15, 0.2) is 8.68 Å². The van der Waals surface area contributed by atoms with Gasteiger partial charge in [-0.2, -0.15) is 5.26 Å². The van der Waals surface area contributed by atoms with Crippen molar-refractivity contribution in [2.24, 2.45) is 5.73 Å². The van der Waals surface area contributed by atoms with Gasteiger partial charge in [0.2, 0.25) is 0 Å². The largest absolute Gasteiger partial charge is 0.313 e. The second-order valence-electron chi connectivity index (χ2n) is 3.61. The van der Waals surface area contributed by atoms with Crippen molar-refractivity contribution in [1.29, 1.82) is 5.26 Å². The van der Waals surface area contributed by atoms with Crippen molar-refractivity contribution in [1.82, 2.24) is 10.2 Å². The fraction of sp³-hybridized carbons (Fsp3) is 0.700. The van der Waals surface area contributed by atoms with Crippen molar-refractivity contribution >= 4 is 34.9 Å². The van der Waals surface area contributed by atoms with Gasteiger partial charge in [-0.3, -0.25) is 0 Å². The second-order valence-corrected chi connectivity index (χ2v) is 6.98. The number of nitrogens with two attached hydrogens (primary N) is 1. The molecule has 0 aliphatic carbocycles. The van der Waals surface area contributed by atoms with Crippen LogP contribution in [0.15, 0.2) is 8.68 Å². The van der Waals surface area contributed by atoms with Crippen LogP contribution in [0.2, 0.25) is 0 Å². The predicted molar refractivity (Wildman–Crippen MR) is 74.5 cm³/mol. The van der Waals surface area contributed by atoms with E-state index >= 15 is 0 Å². The van der Waals surface area contributed by atoms with Crippen LogP contribution in [0.4, 0.5) is 0 Å². The zero-order valence-corrected chi connectivity index (χ0v) is 12.4. The van der Waals surface area contributed by atoms with E-state index in [1.54, 1.807) is 34.9 Å². The second kappa shape index (κ2) is 7.21. The van der Waals surface area contributed by atoms with E-state index in [0.29, 0.717) is 6.42 Å². The summed E-state index contributed by atoms with van der Waals surface area (Å²) in [5.74, 6) is 0.934. The normalized spacial score (nSPS) is 14.2. The first-order valence-electron chi connectivity index (χ1n) is 5.34. The summed E-state index contributed by atoms with van der Waals surface area (Å²) in [6.45, 7) is 1.95. The highest BCUT2D eigenvalue weighted by Crippen LogP contribution is 2.28.